The van der Waals surface area contributed by atoms with E-state index in [-0.39, 0.29) is 23.2 Å². The summed E-state index contributed by atoms with van der Waals surface area (Å²) in [5.74, 6) is 0.612. The predicted molar refractivity (Wildman–Crippen MR) is 66.9 cm³/mol. The van der Waals surface area contributed by atoms with Crippen LogP contribution in [0.4, 0.5) is 5.82 Å². The Morgan fingerprint density at radius 3 is 2.72 bits per heavy atom. The second-order valence-corrected chi connectivity index (χ2v) is 4.58. The lowest BCUT2D eigenvalue weighted by Gasteiger charge is -1.86. The van der Waals surface area contributed by atoms with E-state index in [9.17, 15) is 0 Å². The number of halogens is 1. The van der Waals surface area contributed by atoms with E-state index in [2.05, 4.69) is 52.8 Å². The first-order valence-corrected chi connectivity index (χ1v) is 5.84. The molecule has 0 saturated carbocycles. The van der Waals surface area contributed by atoms with Gasteiger partial charge in [-0.1, -0.05) is 5.16 Å². The number of nitrogens with zero attached hydrogens (tertiary/aromatic N) is 6. The molecule has 0 aliphatic heterocycles. The van der Waals surface area contributed by atoms with Gasteiger partial charge >= 0.3 is 0 Å². The largest absolute Gasteiger partial charge is 0.379 e. The molecule has 3 rings (SSSR count). The molecule has 3 aromatic heterocycles. The van der Waals surface area contributed by atoms with Crippen molar-refractivity contribution < 1.29 is 9.15 Å². The maximum absolute atomic E-state index is 5.54. The SMILES string of the molecule is Cn1cc(I)c(-c2nc(-c3nonc3N)no2)n1. The third-order valence-corrected chi connectivity index (χ3v) is 2.93. The topological polar surface area (TPSA) is 122 Å². The fraction of sp³-hybridized carbons (Fsp3) is 0.125. The van der Waals surface area contributed by atoms with Crippen molar-refractivity contribution in [2.24, 2.45) is 7.05 Å². The molecule has 0 unspecified atom stereocenters. The first-order chi connectivity index (χ1) is 8.65. The van der Waals surface area contributed by atoms with Crippen LogP contribution in [0.3, 0.4) is 0 Å². The molecule has 0 aliphatic rings. The molecule has 0 radical (unpaired) electrons. The van der Waals surface area contributed by atoms with Crippen molar-refractivity contribution >= 4 is 28.4 Å². The average Bonchev–Trinajstić information content (AvgIpc) is 2.98. The van der Waals surface area contributed by atoms with Crippen molar-refractivity contribution in [2.45, 2.75) is 0 Å². The van der Waals surface area contributed by atoms with Crippen LogP contribution >= 0.6 is 22.6 Å². The van der Waals surface area contributed by atoms with Crippen molar-refractivity contribution in [2.75, 3.05) is 5.73 Å². The van der Waals surface area contributed by atoms with E-state index in [4.69, 9.17) is 10.3 Å². The molecule has 0 bridgehead atoms. The monoisotopic (exact) mass is 359 g/mol. The first kappa shape index (κ1) is 11.1. The quantitative estimate of drug-likeness (QED) is 0.664. The van der Waals surface area contributed by atoms with E-state index in [1.807, 2.05) is 13.2 Å². The van der Waals surface area contributed by atoms with Crippen LogP contribution < -0.4 is 5.73 Å². The molecular weight excluding hydrogens is 353 g/mol. The highest BCUT2D eigenvalue weighted by atomic mass is 127. The Hall–Kier alpha value is -1.98. The van der Waals surface area contributed by atoms with E-state index in [0.29, 0.717) is 5.69 Å². The molecule has 3 heterocycles. The lowest BCUT2D eigenvalue weighted by atomic mass is 10.4. The van der Waals surface area contributed by atoms with Gasteiger partial charge in [-0.2, -0.15) is 10.1 Å². The lowest BCUT2D eigenvalue weighted by molar-refractivity contribution is 0.310. The standard InChI is InChI=1S/C8H6IN7O2/c1-16-2-3(9)4(12-16)8-11-7(15-17-8)5-6(10)14-18-13-5/h2H,1H3,(H2,10,14). The molecule has 0 spiro atoms. The van der Waals surface area contributed by atoms with Gasteiger partial charge in [0.2, 0.25) is 5.82 Å². The van der Waals surface area contributed by atoms with Crippen LogP contribution in [0.25, 0.3) is 23.1 Å². The highest BCUT2D eigenvalue weighted by Crippen LogP contribution is 2.25. The molecule has 0 atom stereocenters. The zero-order chi connectivity index (χ0) is 12.7. The summed E-state index contributed by atoms with van der Waals surface area (Å²) in [4.78, 5) is 4.16. The van der Waals surface area contributed by atoms with Crippen molar-refractivity contribution in [3.63, 3.8) is 0 Å². The maximum atomic E-state index is 5.54. The van der Waals surface area contributed by atoms with Crippen LogP contribution in [0.2, 0.25) is 0 Å². The van der Waals surface area contributed by atoms with Gasteiger partial charge < -0.3 is 10.3 Å². The third-order valence-electron chi connectivity index (χ3n) is 2.14. The second kappa shape index (κ2) is 4.04. The number of nitrogens with two attached hydrogens (primary N) is 1. The van der Waals surface area contributed by atoms with Crippen LogP contribution in [-0.2, 0) is 7.05 Å². The van der Waals surface area contributed by atoms with Crippen LogP contribution in [0.5, 0.6) is 0 Å². The minimum absolute atomic E-state index is 0.109. The van der Waals surface area contributed by atoms with Crippen LogP contribution in [-0.4, -0.2) is 30.2 Å². The zero-order valence-electron chi connectivity index (χ0n) is 9.03. The minimum Gasteiger partial charge on any atom is -0.379 e. The maximum Gasteiger partial charge on any atom is 0.279 e. The summed E-state index contributed by atoms with van der Waals surface area (Å²) < 4.78 is 12.2. The molecule has 0 amide bonds. The van der Waals surface area contributed by atoms with Gasteiger partial charge in [-0.15, -0.1) is 0 Å². The third kappa shape index (κ3) is 1.73. The second-order valence-electron chi connectivity index (χ2n) is 3.42. The number of hydrogen-bond acceptors (Lipinski definition) is 8. The van der Waals surface area contributed by atoms with Crippen LogP contribution in [0.15, 0.2) is 15.3 Å². The van der Waals surface area contributed by atoms with Crippen LogP contribution in [0.1, 0.15) is 0 Å². The molecule has 18 heavy (non-hydrogen) atoms. The van der Waals surface area contributed by atoms with Gasteiger partial charge in [0, 0.05) is 13.2 Å². The van der Waals surface area contributed by atoms with Gasteiger partial charge in [-0.3, -0.25) is 4.68 Å². The molecular formula is C8H6IN7O2. The first-order valence-electron chi connectivity index (χ1n) is 4.77. The summed E-state index contributed by atoms with van der Waals surface area (Å²) in [6.45, 7) is 0. The molecule has 0 aromatic carbocycles. The summed E-state index contributed by atoms with van der Waals surface area (Å²) in [6.07, 6.45) is 1.84. The molecule has 3 aromatic rings. The van der Waals surface area contributed by atoms with Gasteiger partial charge in [0.15, 0.2) is 17.2 Å². The van der Waals surface area contributed by atoms with Crippen LogP contribution in [0, 0.1) is 3.57 Å². The Balaban J connectivity index is 2.05. The molecule has 0 fully saturated rings. The van der Waals surface area contributed by atoms with Gasteiger partial charge in [-0.25, -0.2) is 4.63 Å². The van der Waals surface area contributed by atoms with Crippen molar-refractivity contribution in [1.82, 2.24) is 30.2 Å². The Kier molecular flexibility index (Phi) is 2.50. The van der Waals surface area contributed by atoms with E-state index < -0.39 is 0 Å². The van der Waals surface area contributed by atoms with Crippen molar-refractivity contribution in [3.05, 3.63) is 9.77 Å². The molecule has 9 nitrogen and oxygen atoms in total. The highest BCUT2D eigenvalue weighted by Gasteiger charge is 2.20. The minimum atomic E-state index is 0.109. The number of nitrogen functional groups attached to an aromatic ring is 1. The fourth-order valence-corrected chi connectivity index (χ4v) is 2.11. The van der Waals surface area contributed by atoms with Crippen molar-refractivity contribution in [1.29, 1.82) is 0 Å². The summed E-state index contributed by atoms with van der Waals surface area (Å²) in [5, 5.41) is 15.0. The molecule has 0 aliphatic carbocycles. The van der Waals surface area contributed by atoms with E-state index >= 15 is 0 Å². The smallest absolute Gasteiger partial charge is 0.279 e. The summed E-state index contributed by atoms with van der Waals surface area (Å²) >= 11 is 2.13. The normalized spacial score (nSPS) is 11.0. The predicted octanol–water partition coefficient (Wildman–Crippen LogP) is 0.707. The Bertz CT molecular complexity index is 700. The van der Waals surface area contributed by atoms with Gasteiger partial charge in [0.25, 0.3) is 5.89 Å². The van der Waals surface area contributed by atoms with Gasteiger partial charge in [-0.05, 0) is 32.9 Å². The van der Waals surface area contributed by atoms with Crippen molar-refractivity contribution in [3.8, 4) is 23.1 Å². The molecule has 92 valence electrons. The van der Waals surface area contributed by atoms with Gasteiger partial charge in [0.1, 0.15) is 0 Å². The Labute approximate surface area is 113 Å². The summed E-state index contributed by atoms with van der Waals surface area (Å²) in [7, 11) is 1.81. The molecule has 10 heteroatoms. The number of aryl methyl sites for hydroxylation is 1. The summed E-state index contributed by atoms with van der Waals surface area (Å²) in [6, 6.07) is 0. The van der Waals surface area contributed by atoms with E-state index in [1.54, 1.807) is 4.68 Å². The lowest BCUT2D eigenvalue weighted by Crippen LogP contribution is -1.90. The zero-order valence-corrected chi connectivity index (χ0v) is 11.2. The number of hydrogen-bond donors (Lipinski definition) is 1. The van der Waals surface area contributed by atoms with E-state index in [0.717, 1.165) is 3.57 Å². The number of anilines is 1. The van der Waals surface area contributed by atoms with Gasteiger partial charge in [0.05, 0.1) is 3.57 Å². The Morgan fingerprint density at radius 1 is 1.28 bits per heavy atom. The van der Waals surface area contributed by atoms with E-state index in [1.165, 1.54) is 0 Å². The average molecular weight is 359 g/mol. The summed E-state index contributed by atoms with van der Waals surface area (Å²) in [5.41, 5.74) is 6.39. The molecule has 0 saturated heterocycles. The highest BCUT2D eigenvalue weighted by molar-refractivity contribution is 14.1. The fourth-order valence-electron chi connectivity index (χ4n) is 1.37. The molecule has 2 N–H and O–H groups in total. The number of rotatable bonds is 2. The number of aromatic nitrogens is 6. The Morgan fingerprint density at radius 2 is 2.11 bits per heavy atom.